The Morgan fingerprint density at radius 1 is 1.24 bits per heavy atom. The maximum Gasteiger partial charge on any atom is 0.261 e. The van der Waals surface area contributed by atoms with Crippen LogP contribution in [-0.2, 0) is 0 Å². The van der Waals surface area contributed by atoms with Crippen LogP contribution in [0.3, 0.4) is 0 Å². The number of amides is 2. The molecule has 2 aromatic rings. The van der Waals surface area contributed by atoms with E-state index in [1.165, 1.54) is 13.2 Å². The lowest BCUT2D eigenvalue weighted by Crippen LogP contribution is -2.24. The van der Waals surface area contributed by atoms with Gasteiger partial charge in [0.05, 0.1) is 15.6 Å². The fourth-order valence-corrected chi connectivity index (χ4v) is 2.43. The molecule has 0 bridgehead atoms. The Bertz CT molecular complexity index is 781. The molecule has 1 N–H and O–H groups in total. The van der Waals surface area contributed by atoms with Gasteiger partial charge in [0.2, 0.25) is 5.28 Å². The van der Waals surface area contributed by atoms with Crippen molar-refractivity contribution in [2.75, 3.05) is 12.4 Å². The number of carbonyl (C=O) groups is 2. The van der Waals surface area contributed by atoms with Crippen LogP contribution in [0.25, 0.3) is 0 Å². The number of hydrogen-bond donors (Lipinski definition) is 1. The van der Waals surface area contributed by atoms with Gasteiger partial charge in [0, 0.05) is 18.9 Å². The first-order valence-corrected chi connectivity index (χ1v) is 7.06. The molecule has 1 aliphatic rings. The predicted molar refractivity (Wildman–Crippen MR) is 80.9 cm³/mol. The summed E-state index contributed by atoms with van der Waals surface area (Å²) in [6, 6.07) is 4.92. The number of carbonyl (C=O) groups excluding carboxylic acids is 2. The smallest absolute Gasteiger partial charge is 0.261 e. The van der Waals surface area contributed by atoms with Crippen LogP contribution in [0.1, 0.15) is 20.7 Å². The number of fused-ring (bicyclic) bond motifs is 1. The Balaban J connectivity index is 1.97. The number of aromatic nitrogens is 2. The van der Waals surface area contributed by atoms with Crippen molar-refractivity contribution in [2.45, 2.75) is 0 Å². The van der Waals surface area contributed by atoms with Crippen molar-refractivity contribution in [3.63, 3.8) is 0 Å². The van der Waals surface area contributed by atoms with Crippen LogP contribution in [0, 0.1) is 0 Å². The SMILES string of the molecule is CN1C(=O)c2ccc(Nc3nc(Cl)ncc3Br)cc2C1=O. The molecular formula is C13H8BrClN4O2. The molecule has 0 aliphatic carbocycles. The second-order valence-electron chi connectivity index (χ2n) is 4.39. The lowest BCUT2D eigenvalue weighted by atomic mass is 10.1. The van der Waals surface area contributed by atoms with Gasteiger partial charge in [0.1, 0.15) is 5.82 Å². The minimum atomic E-state index is -0.321. The molecule has 6 nitrogen and oxygen atoms in total. The molecule has 0 unspecified atom stereocenters. The maximum atomic E-state index is 12.0. The van der Waals surface area contributed by atoms with E-state index in [1.54, 1.807) is 18.2 Å². The first-order chi connectivity index (χ1) is 9.97. The molecule has 0 spiro atoms. The van der Waals surface area contributed by atoms with Crippen LogP contribution in [0.4, 0.5) is 11.5 Å². The second kappa shape index (κ2) is 5.09. The van der Waals surface area contributed by atoms with Crippen molar-refractivity contribution in [1.29, 1.82) is 0 Å². The maximum absolute atomic E-state index is 12.0. The normalized spacial score (nSPS) is 13.6. The van der Waals surface area contributed by atoms with Gasteiger partial charge < -0.3 is 5.32 Å². The molecule has 0 saturated heterocycles. The third kappa shape index (κ3) is 2.38. The van der Waals surface area contributed by atoms with Crippen molar-refractivity contribution in [2.24, 2.45) is 0 Å². The molecule has 1 aromatic carbocycles. The number of nitrogens with zero attached hydrogens (tertiary/aromatic N) is 3. The van der Waals surface area contributed by atoms with E-state index < -0.39 is 0 Å². The Labute approximate surface area is 133 Å². The van der Waals surface area contributed by atoms with E-state index in [0.29, 0.717) is 27.1 Å². The van der Waals surface area contributed by atoms with Crippen LogP contribution < -0.4 is 5.32 Å². The molecule has 3 rings (SSSR count). The summed E-state index contributed by atoms with van der Waals surface area (Å²) in [6.45, 7) is 0. The van der Waals surface area contributed by atoms with Gasteiger partial charge in [-0.3, -0.25) is 14.5 Å². The van der Waals surface area contributed by atoms with Crippen molar-refractivity contribution in [1.82, 2.24) is 14.9 Å². The van der Waals surface area contributed by atoms with Gasteiger partial charge in [-0.1, -0.05) is 0 Å². The number of imide groups is 1. The first-order valence-electron chi connectivity index (χ1n) is 5.89. The zero-order valence-electron chi connectivity index (χ0n) is 10.7. The molecule has 0 fully saturated rings. The molecule has 8 heteroatoms. The fourth-order valence-electron chi connectivity index (χ4n) is 2.01. The third-order valence-corrected chi connectivity index (χ3v) is 3.83. The molecule has 1 aliphatic heterocycles. The van der Waals surface area contributed by atoms with E-state index >= 15 is 0 Å². The number of hydrogen-bond acceptors (Lipinski definition) is 5. The van der Waals surface area contributed by atoms with E-state index in [9.17, 15) is 9.59 Å². The van der Waals surface area contributed by atoms with E-state index in [1.807, 2.05) is 0 Å². The lowest BCUT2D eigenvalue weighted by Gasteiger charge is -2.08. The minimum Gasteiger partial charge on any atom is -0.339 e. The lowest BCUT2D eigenvalue weighted by molar-refractivity contribution is 0.0693. The van der Waals surface area contributed by atoms with Gasteiger partial charge in [-0.2, -0.15) is 4.98 Å². The number of rotatable bonds is 2. The van der Waals surface area contributed by atoms with Crippen molar-refractivity contribution in [3.05, 3.63) is 45.3 Å². The zero-order chi connectivity index (χ0) is 15.1. The van der Waals surface area contributed by atoms with Gasteiger partial charge in [-0.15, -0.1) is 0 Å². The van der Waals surface area contributed by atoms with Crippen LogP contribution in [0.5, 0.6) is 0 Å². The number of nitrogens with one attached hydrogen (secondary N) is 1. The highest BCUT2D eigenvalue weighted by atomic mass is 79.9. The summed E-state index contributed by atoms with van der Waals surface area (Å²) in [5.74, 6) is -0.147. The molecule has 2 amide bonds. The van der Waals surface area contributed by atoms with Crippen LogP contribution in [0.2, 0.25) is 5.28 Å². The van der Waals surface area contributed by atoms with Gasteiger partial charge >= 0.3 is 0 Å². The molecule has 2 heterocycles. The minimum absolute atomic E-state index is 0.104. The standard InChI is InChI=1S/C13H8BrClN4O2/c1-19-11(20)7-3-2-6(4-8(7)12(19)21)17-10-9(14)5-16-13(15)18-10/h2-5H,1H3,(H,16,17,18). The van der Waals surface area contributed by atoms with Crippen molar-refractivity contribution in [3.8, 4) is 0 Å². The van der Waals surface area contributed by atoms with Crippen LogP contribution in [0.15, 0.2) is 28.9 Å². The van der Waals surface area contributed by atoms with Gasteiger partial charge in [0.15, 0.2) is 0 Å². The van der Waals surface area contributed by atoms with Gasteiger partial charge in [0.25, 0.3) is 11.8 Å². The van der Waals surface area contributed by atoms with Gasteiger partial charge in [-0.25, -0.2) is 4.98 Å². The molecule has 106 valence electrons. The highest BCUT2D eigenvalue weighted by molar-refractivity contribution is 9.10. The van der Waals surface area contributed by atoms with Gasteiger partial charge in [-0.05, 0) is 45.7 Å². The topological polar surface area (TPSA) is 75.2 Å². The third-order valence-electron chi connectivity index (χ3n) is 3.07. The second-order valence-corrected chi connectivity index (χ2v) is 5.58. The summed E-state index contributed by atoms with van der Waals surface area (Å²) in [5.41, 5.74) is 1.39. The Hall–Kier alpha value is -1.99. The van der Waals surface area contributed by atoms with E-state index in [-0.39, 0.29) is 17.1 Å². The number of benzene rings is 1. The monoisotopic (exact) mass is 366 g/mol. The molecule has 0 saturated carbocycles. The van der Waals surface area contributed by atoms with Crippen molar-refractivity contribution < 1.29 is 9.59 Å². The van der Waals surface area contributed by atoms with Crippen LogP contribution in [-0.4, -0.2) is 33.7 Å². The number of anilines is 2. The molecule has 0 atom stereocenters. The molecule has 1 aromatic heterocycles. The molecule has 21 heavy (non-hydrogen) atoms. The quantitative estimate of drug-likeness (QED) is 0.652. The highest BCUT2D eigenvalue weighted by Gasteiger charge is 2.32. The van der Waals surface area contributed by atoms with E-state index in [4.69, 9.17) is 11.6 Å². The Kier molecular flexibility index (Phi) is 3.38. The predicted octanol–water partition coefficient (Wildman–Crippen LogP) is 2.86. The fraction of sp³-hybridized carbons (Fsp3) is 0.0769. The summed E-state index contributed by atoms with van der Waals surface area (Å²) < 4.78 is 0.631. The summed E-state index contributed by atoms with van der Waals surface area (Å²) >= 11 is 9.06. The van der Waals surface area contributed by atoms with Crippen LogP contribution >= 0.6 is 27.5 Å². The summed E-state index contributed by atoms with van der Waals surface area (Å²) in [7, 11) is 1.46. The summed E-state index contributed by atoms with van der Waals surface area (Å²) in [5, 5.41) is 3.13. The molecular weight excluding hydrogens is 360 g/mol. The summed E-state index contributed by atoms with van der Waals surface area (Å²) in [6.07, 6.45) is 1.52. The van der Waals surface area contributed by atoms with E-state index in [0.717, 1.165) is 4.90 Å². The average molecular weight is 368 g/mol. The average Bonchev–Trinajstić information content (AvgIpc) is 2.68. The van der Waals surface area contributed by atoms with Crippen molar-refractivity contribution >= 4 is 50.9 Å². The summed E-state index contributed by atoms with van der Waals surface area (Å²) in [4.78, 5) is 32.7. The highest BCUT2D eigenvalue weighted by Crippen LogP contribution is 2.28. The Morgan fingerprint density at radius 3 is 2.71 bits per heavy atom. The largest absolute Gasteiger partial charge is 0.339 e. The van der Waals surface area contributed by atoms with E-state index in [2.05, 4.69) is 31.2 Å². The first kappa shape index (κ1) is 14.0. The Morgan fingerprint density at radius 2 is 1.95 bits per heavy atom. The number of halogens is 2. The zero-order valence-corrected chi connectivity index (χ0v) is 13.1. The molecule has 0 radical (unpaired) electrons.